The van der Waals surface area contributed by atoms with Gasteiger partial charge in [0.25, 0.3) is 0 Å². The zero-order chi connectivity index (χ0) is 98.3. The second-order valence-corrected chi connectivity index (χ2v) is 34.8. The van der Waals surface area contributed by atoms with Gasteiger partial charge in [-0.05, 0) is 170 Å². The van der Waals surface area contributed by atoms with Crippen molar-refractivity contribution in [3.05, 3.63) is 151 Å². The number of hydrogen-bond donors (Lipinski definition) is 12. The summed E-state index contributed by atoms with van der Waals surface area (Å²) in [6, 6.07) is 24.2. The molecular weight excluding hydrogens is 1780 g/mol. The van der Waals surface area contributed by atoms with Crippen molar-refractivity contribution in [2.75, 3.05) is 101 Å². The van der Waals surface area contributed by atoms with Gasteiger partial charge in [-0.2, -0.15) is 15.0 Å². The predicted molar refractivity (Wildman–Crippen MR) is 535 cm³/mol. The molecule has 4 amide bonds. The fraction of sp³-hybridized carbons (Fsp3) is 0.474. The van der Waals surface area contributed by atoms with E-state index < -0.39 is 11.1 Å². The number of hydrogen-bond acceptors (Lipinski definition) is 30. The minimum atomic E-state index is -0.447. The number of ether oxygens (including phenoxy) is 6. The molecule has 133 heavy (non-hydrogen) atoms. The molecule has 0 saturated carbocycles. The standard InChI is InChI=1S/C26H35ClN6O3.C26H36N6O3.C17H26N6O.C9H20N2O.C9H13NO2.C8H4Cl3N3/c1-7-8-11-26(4,15-29-17(3)34)33-24-23-22(16(2)12-21(27)30-23)31-25(32-24)28-14-18-9-10-19(35-5)13-20(18)36-6;1-7-8-12-26(4,16-29-18(3)33)32-24-23-22(17(2)11-13-27-23)30-25(31-24)28-15-19-9-10-20(34-5)14-21(19)35-6;1-5-6-8-17(4,10-20-12(3)24)23-15-14-13(21-16(18)22-15)11(2)7-9-19-14;1-4-5-6-9(3,10)7-11-8(2)12;1-11-8-4-3-7(6-10)9(5-8)12-2;1-3-2-4(9)12-6-5(3)13-8(11)14-7(6)10/h9-10,12-13H,7-8,11,14-15H2,1-6H3,(H,29,34)(H2,28,31,32,33);9-11,13-14H,7-8,12,15-16H2,1-6H3,(H,29,33)(H2,28,30,31,32);7,9H,5-6,8,10H2,1-4H3,(H,20,24)(H3,18,21,22,23);4-7,10H2,1-3H3,(H,11,12);3-5H,6,10H2,1-2H3;2H,1H3/t2*26-;17-;9-;;/m1111../s1. The van der Waals surface area contributed by atoms with Gasteiger partial charge in [-0.1, -0.05) is 120 Å². The van der Waals surface area contributed by atoms with E-state index in [1.807, 2.05) is 101 Å². The molecule has 0 bridgehead atoms. The number of benzene rings is 3. The van der Waals surface area contributed by atoms with E-state index in [2.05, 4.69) is 136 Å². The van der Waals surface area contributed by atoms with Crippen molar-refractivity contribution < 1.29 is 47.6 Å². The van der Waals surface area contributed by atoms with Crippen LogP contribution >= 0.6 is 46.4 Å². The number of pyridine rings is 4. The molecule has 0 fully saturated rings. The van der Waals surface area contributed by atoms with Gasteiger partial charge in [0.2, 0.25) is 46.8 Å². The first-order valence-corrected chi connectivity index (χ1v) is 45.6. The maximum Gasteiger partial charge on any atom is 0.225 e. The third-order valence-corrected chi connectivity index (χ3v) is 22.1. The van der Waals surface area contributed by atoms with Crippen molar-refractivity contribution in [1.29, 1.82) is 0 Å². The maximum atomic E-state index is 11.7. The minimum Gasteiger partial charge on any atom is -0.497 e. The Hall–Kier alpha value is -11.8. The minimum absolute atomic E-state index is 0.0110. The molecule has 0 radical (unpaired) electrons. The number of rotatable bonds is 39. The highest BCUT2D eigenvalue weighted by Crippen LogP contribution is 2.35. The summed E-state index contributed by atoms with van der Waals surface area (Å²) in [5.74, 6) is 7.12. The summed E-state index contributed by atoms with van der Waals surface area (Å²) in [6.07, 6.45) is 15.5. The van der Waals surface area contributed by atoms with Gasteiger partial charge in [0.1, 0.15) is 66.9 Å². The van der Waals surface area contributed by atoms with Gasteiger partial charge in [0.15, 0.2) is 22.6 Å². The number of anilines is 6. The molecule has 0 saturated heterocycles. The highest BCUT2D eigenvalue weighted by molar-refractivity contribution is 6.36. The molecular formula is C95H134Cl4N24O10. The van der Waals surface area contributed by atoms with Crippen molar-refractivity contribution in [3.8, 4) is 34.5 Å². The summed E-state index contributed by atoms with van der Waals surface area (Å²) in [4.78, 5) is 98.3. The number of halogens is 4. The zero-order valence-electron chi connectivity index (χ0n) is 80.8. The first kappa shape index (κ1) is 110. The third-order valence-electron chi connectivity index (χ3n) is 21.3. The molecule has 11 aromatic rings. The molecule has 0 spiro atoms. The first-order valence-electron chi connectivity index (χ1n) is 44.1. The Morgan fingerprint density at radius 3 is 1.11 bits per heavy atom. The Morgan fingerprint density at radius 1 is 0.383 bits per heavy atom. The molecule has 8 aromatic heterocycles. The molecule has 34 nitrogen and oxygen atoms in total. The average Bonchev–Trinajstić information content (AvgIpc) is 0.788. The van der Waals surface area contributed by atoms with Crippen molar-refractivity contribution in [1.82, 2.24) is 81.1 Å². The lowest BCUT2D eigenvalue weighted by Gasteiger charge is -2.32. The first-order chi connectivity index (χ1) is 63.2. The van der Waals surface area contributed by atoms with Crippen LogP contribution in [0.15, 0.2) is 91.3 Å². The van der Waals surface area contributed by atoms with Gasteiger partial charge >= 0.3 is 0 Å². The number of aryl methyl sites for hydroxylation is 4. The average molecular weight is 1910 g/mol. The monoisotopic (exact) mass is 1910 g/mol. The van der Waals surface area contributed by atoms with Crippen LogP contribution in [0.1, 0.15) is 199 Å². The van der Waals surface area contributed by atoms with Crippen molar-refractivity contribution in [2.45, 2.75) is 230 Å². The summed E-state index contributed by atoms with van der Waals surface area (Å²) in [5, 5.41) is 29.8. The second-order valence-electron chi connectivity index (χ2n) is 33.3. The lowest BCUT2D eigenvalue weighted by molar-refractivity contribution is -0.120. The molecule has 3 aromatic carbocycles. The van der Waals surface area contributed by atoms with Crippen LogP contribution in [0, 0.1) is 27.7 Å². The smallest absolute Gasteiger partial charge is 0.225 e. The Morgan fingerprint density at radius 2 is 0.729 bits per heavy atom. The Balaban J connectivity index is 0.000000259. The number of unbranched alkanes of at least 4 members (excludes halogenated alkanes) is 4. The molecule has 722 valence electrons. The Kier molecular flexibility index (Phi) is 44.4. The highest BCUT2D eigenvalue weighted by Gasteiger charge is 2.31. The summed E-state index contributed by atoms with van der Waals surface area (Å²) < 4.78 is 31.8. The van der Waals surface area contributed by atoms with Crippen LogP contribution in [0.25, 0.3) is 44.1 Å². The summed E-state index contributed by atoms with van der Waals surface area (Å²) >= 11 is 23.6. The Bertz CT molecular complexity index is 5630. The van der Waals surface area contributed by atoms with Crippen LogP contribution in [0.5, 0.6) is 34.5 Å². The largest absolute Gasteiger partial charge is 0.497 e. The van der Waals surface area contributed by atoms with Crippen LogP contribution in [0.3, 0.4) is 0 Å². The summed E-state index contributed by atoms with van der Waals surface area (Å²) in [6.45, 7) is 34.0. The van der Waals surface area contributed by atoms with Crippen LogP contribution in [0.4, 0.5) is 35.3 Å². The number of methoxy groups -OCH3 is 6. The van der Waals surface area contributed by atoms with Gasteiger partial charge in [0, 0.05) is 126 Å². The fourth-order valence-electron chi connectivity index (χ4n) is 13.6. The third kappa shape index (κ3) is 35.3. The predicted octanol–water partition coefficient (Wildman–Crippen LogP) is 17.5. The zero-order valence-corrected chi connectivity index (χ0v) is 83.8. The van der Waals surface area contributed by atoms with E-state index in [9.17, 15) is 19.2 Å². The van der Waals surface area contributed by atoms with E-state index in [-0.39, 0.29) is 51.1 Å². The Labute approximate surface area is 801 Å². The number of aromatic nitrogens is 12. The van der Waals surface area contributed by atoms with Gasteiger partial charge < -0.3 is 93.5 Å². The molecule has 11 rings (SSSR count). The normalized spacial score (nSPS) is 12.6. The molecule has 0 aliphatic heterocycles. The number of nitrogen functional groups attached to an aromatic ring is 1. The van der Waals surface area contributed by atoms with Crippen LogP contribution in [-0.4, -0.2) is 174 Å². The van der Waals surface area contributed by atoms with Gasteiger partial charge in [-0.25, -0.2) is 34.9 Å². The van der Waals surface area contributed by atoms with Gasteiger partial charge in [-0.3, -0.25) is 29.1 Å². The number of carbonyl (C=O) groups is 4. The van der Waals surface area contributed by atoms with Crippen LogP contribution in [-0.2, 0) is 38.8 Å². The van der Waals surface area contributed by atoms with E-state index >= 15 is 0 Å². The quantitative estimate of drug-likeness (QED) is 0.00967. The number of carbonyl (C=O) groups excluding carboxylic acids is 4. The van der Waals surface area contributed by atoms with Crippen molar-refractivity contribution >= 4 is 149 Å². The maximum absolute atomic E-state index is 11.7. The molecule has 0 unspecified atom stereocenters. The number of nitrogens with one attached hydrogen (secondary N) is 9. The lowest BCUT2D eigenvalue weighted by atomic mass is 9.94. The van der Waals surface area contributed by atoms with E-state index in [1.165, 1.54) is 27.7 Å². The SMILES string of the molecule is CCCC[C@@](C)(N)CNC(C)=O.CCCC[C@](C)(CNC(C)=O)Nc1nc(N)nc2c(C)ccnc12.CCCC[C@](C)(CNC(C)=O)Nc1nc(NCc2ccc(OC)cc2OC)nc2c(C)cc(Cl)nc12.CCCC[C@](C)(CNC(C)=O)Nc1nc(NCc2ccc(OC)cc2OC)nc2c(C)ccnc12.COc1ccc(CN)c(OC)c1.Cc1cc(Cl)nc2c(Cl)nc(Cl)nc12. The molecule has 0 aliphatic carbocycles. The number of nitrogens with two attached hydrogens (primary N) is 3. The van der Waals surface area contributed by atoms with Gasteiger partial charge in [0.05, 0.1) is 81.3 Å². The van der Waals surface area contributed by atoms with Crippen molar-refractivity contribution in [2.24, 2.45) is 11.5 Å². The van der Waals surface area contributed by atoms with Gasteiger partial charge in [-0.15, -0.1) is 0 Å². The number of amides is 4. The summed E-state index contributed by atoms with van der Waals surface area (Å²) in [7, 11) is 9.74. The van der Waals surface area contributed by atoms with Crippen molar-refractivity contribution in [3.63, 3.8) is 0 Å². The highest BCUT2D eigenvalue weighted by atomic mass is 35.5. The fourth-order valence-corrected chi connectivity index (χ4v) is 14.5. The topological polar surface area (TPSA) is 465 Å². The van der Waals surface area contributed by atoms with E-state index in [4.69, 9.17) is 112 Å². The molecule has 4 atom stereocenters. The second kappa shape index (κ2) is 53.8. The number of nitrogens with zero attached hydrogens (tertiary/aromatic N) is 12. The molecule has 8 heterocycles. The lowest BCUT2D eigenvalue weighted by Crippen LogP contribution is -2.47. The van der Waals surface area contributed by atoms with E-state index in [1.54, 1.807) is 67.2 Å². The number of fused-ring (bicyclic) bond motifs is 4. The van der Waals surface area contributed by atoms with Crippen LogP contribution < -0.4 is 93.5 Å². The molecule has 0 aliphatic rings. The van der Waals surface area contributed by atoms with E-state index in [0.717, 1.165) is 150 Å². The van der Waals surface area contributed by atoms with E-state index in [0.29, 0.717) is 130 Å². The van der Waals surface area contributed by atoms with Crippen LogP contribution in [0.2, 0.25) is 20.7 Å². The summed E-state index contributed by atoms with van der Waals surface area (Å²) in [5.41, 5.74) is 27.8. The molecule has 38 heteroatoms. The molecule has 15 N–H and O–H groups in total.